The highest BCUT2D eigenvalue weighted by Gasteiger charge is 2.10. The Morgan fingerprint density at radius 3 is 2.29 bits per heavy atom. The van der Waals surface area contributed by atoms with E-state index >= 15 is 0 Å². The largest absolute Gasteiger partial charge is 0.273 e. The SMILES string of the molecule is O=C(Cc1cccc2ccccc12)NN=C(c1ccccc1)c1ccncc1. The molecule has 3 aromatic carbocycles. The number of hydrogen-bond donors (Lipinski definition) is 1. The fourth-order valence-corrected chi connectivity index (χ4v) is 3.18. The molecule has 0 saturated carbocycles. The van der Waals surface area contributed by atoms with E-state index in [1.165, 1.54) is 0 Å². The molecule has 0 saturated heterocycles. The van der Waals surface area contributed by atoms with Crippen molar-refractivity contribution < 1.29 is 4.79 Å². The van der Waals surface area contributed by atoms with Crippen LogP contribution in [0.25, 0.3) is 10.8 Å². The van der Waals surface area contributed by atoms with Gasteiger partial charge in [-0.2, -0.15) is 5.10 Å². The van der Waals surface area contributed by atoms with Crippen molar-refractivity contribution in [1.29, 1.82) is 0 Å². The molecule has 0 radical (unpaired) electrons. The highest BCUT2D eigenvalue weighted by atomic mass is 16.2. The Kier molecular flexibility index (Phi) is 5.20. The van der Waals surface area contributed by atoms with Gasteiger partial charge in [-0.3, -0.25) is 9.78 Å². The Morgan fingerprint density at radius 2 is 1.46 bits per heavy atom. The fourth-order valence-electron chi connectivity index (χ4n) is 3.18. The summed E-state index contributed by atoms with van der Waals surface area (Å²) in [6.07, 6.45) is 3.70. The molecule has 0 unspecified atom stereocenters. The lowest BCUT2D eigenvalue weighted by atomic mass is 10.0. The second kappa shape index (κ2) is 8.27. The number of nitrogens with zero attached hydrogens (tertiary/aromatic N) is 2. The van der Waals surface area contributed by atoms with Gasteiger partial charge >= 0.3 is 0 Å². The number of hydrazone groups is 1. The standard InChI is InChI=1S/C24H19N3O/c28-23(17-21-11-6-10-18-7-4-5-12-22(18)21)26-27-24(19-8-2-1-3-9-19)20-13-15-25-16-14-20/h1-16H,17H2,(H,26,28). The highest BCUT2D eigenvalue weighted by molar-refractivity contribution is 6.13. The van der Waals surface area contributed by atoms with Gasteiger partial charge in [0.05, 0.1) is 12.1 Å². The first-order valence-electron chi connectivity index (χ1n) is 9.10. The van der Waals surface area contributed by atoms with Crippen molar-refractivity contribution in [3.8, 4) is 0 Å². The summed E-state index contributed by atoms with van der Waals surface area (Å²) in [6, 6.07) is 27.6. The van der Waals surface area contributed by atoms with E-state index in [2.05, 4.69) is 15.5 Å². The molecule has 1 N–H and O–H groups in total. The van der Waals surface area contributed by atoms with E-state index in [9.17, 15) is 4.79 Å². The van der Waals surface area contributed by atoms with Crippen LogP contribution in [0, 0.1) is 0 Å². The van der Waals surface area contributed by atoms with E-state index in [1.807, 2.05) is 84.9 Å². The molecule has 28 heavy (non-hydrogen) atoms. The second-order valence-electron chi connectivity index (χ2n) is 6.41. The van der Waals surface area contributed by atoms with Crippen molar-refractivity contribution in [1.82, 2.24) is 10.4 Å². The summed E-state index contributed by atoms with van der Waals surface area (Å²) in [5.74, 6) is -0.154. The Labute approximate surface area is 163 Å². The molecular weight excluding hydrogens is 346 g/mol. The third-order valence-electron chi connectivity index (χ3n) is 4.52. The summed E-state index contributed by atoms with van der Waals surface area (Å²) in [7, 11) is 0. The number of nitrogens with one attached hydrogen (secondary N) is 1. The molecule has 0 bridgehead atoms. The summed E-state index contributed by atoms with van der Waals surface area (Å²) < 4.78 is 0. The number of benzene rings is 3. The van der Waals surface area contributed by atoms with Crippen molar-refractivity contribution in [2.24, 2.45) is 5.10 Å². The number of hydrogen-bond acceptors (Lipinski definition) is 3. The number of pyridine rings is 1. The van der Waals surface area contributed by atoms with Crippen LogP contribution in [-0.2, 0) is 11.2 Å². The van der Waals surface area contributed by atoms with Gasteiger partial charge in [0.1, 0.15) is 0 Å². The van der Waals surface area contributed by atoms with Gasteiger partial charge in [0.15, 0.2) is 0 Å². The van der Waals surface area contributed by atoms with Gasteiger partial charge in [0.2, 0.25) is 5.91 Å². The van der Waals surface area contributed by atoms with Crippen LogP contribution in [0.2, 0.25) is 0 Å². The van der Waals surface area contributed by atoms with E-state index in [0.717, 1.165) is 27.5 Å². The van der Waals surface area contributed by atoms with Gasteiger partial charge in [-0.25, -0.2) is 5.43 Å². The van der Waals surface area contributed by atoms with Gasteiger partial charge in [-0.05, 0) is 28.5 Å². The Balaban J connectivity index is 1.59. The summed E-state index contributed by atoms with van der Waals surface area (Å²) in [5.41, 5.74) is 6.23. The van der Waals surface area contributed by atoms with Crippen LogP contribution < -0.4 is 5.43 Å². The van der Waals surface area contributed by atoms with Crippen molar-refractivity contribution >= 4 is 22.4 Å². The summed E-state index contributed by atoms with van der Waals surface area (Å²) >= 11 is 0. The molecule has 1 amide bonds. The number of carbonyl (C=O) groups is 1. The zero-order valence-electron chi connectivity index (χ0n) is 15.2. The molecule has 0 aliphatic carbocycles. The number of amides is 1. The molecule has 0 aliphatic heterocycles. The normalized spacial score (nSPS) is 11.4. The molecule has 1 heterocycles. The molecule has 4 rings (SSSR count). The maximum atomic E-state index is 12.6. The van der Waals surface area contributed by atoms with Crippen molar-refractivity contribution in [2.75, 3.05) is 0 Å². The lowest BCUT2D eigenvalue weighted by Gasteiger charge is -2.09. The predicted octanol–water partition coefficient (Wildman–Crippen LogP) is 4.35. The lowest BCUT2D eigenvalue weighted by Crippen LogP contribution is -2.22. The third kappa shape index (κ3) is 3.96. The van der Waals surface area contributed by atoms with Crippen LogP contribution in [0.3, 0.4) is 0 Å². The van der Waals surface area contributed by atoms with E-state index in [1.54, 1.807) is 12.4 Å². The second-order valence-corrected chi connectivity index (χ2v) is 6.41. The number of aromatic nitrogens is 1. The van der Waals surface area contributed by atoms with Crippen LogP contribution in [0.15, 0.2) is 102 Å². The Bertz CT molecular complexity index is 1080. The molecule has 4 nitrogen and oxygen atoms in total. The van der Waals surface area contributed by atoms with Gasteiger partial charge in [0, 0.05) is 23.5 Å². The summed E-state index contributed by atoms with van der Waals surface area (Å²) in [6.45, 7) is 0. The first-order chi connectivity index (χ1) is 13.8. The maximum Gasteiger partial charge on any atom is 0.244 e. The summed E-state index contributed by atoms with van der Waals surface area (Å²) in [4.78, 5) is 16.7. The first kappa shape index (κ1) is 17.6. The minimum atomic E-state index is -0.154. The van der Waals surface area contributed by atoms with Crippen LogP contribution in [-0.4, -0.2) is 16.6 Å². The van der Waals surface area contributed by atoms with Crippen LogP contribution in [0.4, 0.5) is 0 Å². The molecule has 0 spiro atoms. The zero-order chi connectivity index (χ0) is 19.2. The van der Waals surface area contributed by atoms with Gasteiger partial charge in [-0.1, -0.05) is 72.8 Å². The predicted molar refractivity (Wildman–Crippen MR) is 112 cm³/mol. The van der Waals surface area contributed by atoms with E-state index < -0.39 is 0 Å². The molecule has 0 fully saturated rings. The van der Waals surface area contributed by atoms with Crippen molar-refractivity contribution in [3.63, 3.8) is 0 Å². The number of fused-ring (bicyclic) bond motifs is 1. The van der Waals surface area contributed by atoms with Crippen LogP contribution in [0.5, 0.6) is 0 Å². The van der Waals surface area contributed by atoms with Gasteiger partial charge in [0.25, 0.3) is 0 Å². The van der Waals surface area contributed by atoms with Crippen LogP contribution >= 0.6 is 0 Å². The monoisotopic (exact) mass is 365 g/mol. The average molecular weight is 365 g/mol. The third-order valence-corrected chi connectivity index (χ3v) is 4.52. The number of carbonyl (C=O) groups excluding carboxylic acids is 1. The average Bonchev–Trinajstić information content (AvgIpc) is 2.76. The molecular formula is C24H19N3O. The first-order valence-corrected chi connectivity index (χ1v) is 9.10. The van der Waals surface area contributed by atoms with Crippen molar-refractivity contribution in [3.05, 3.63) is 114 Å². The Hall–Kier alpha value is -3.79. The number of rotatable bonds is 5. The lowest BCUT2D eigenvalue weighted by molar-refractivity contribution is -0.120. The molecule has 136 valence electrons. The quantitative estimate of drug-likeness (QED) is 0.422. The molecule has 4 heteroatoms. The minimum absolute atomic E-state index is 0.154. The van der Waals surface area contributed by atoms with Gasteiger partial charge in [-0.15, -0.1) is 0 Å². The maximum absolute atomic E-state index is 12.6. The molecule has 0 atom stereocenters. The minimum Gasteiger partial charge on any atom is -0.273 e. The fraction of sp³-hybridized carbons (Fsp3) is 0.0417. The summed E-state index contributed by atoms with van der Waals surface area (Å²) in [5, 5.41) is 6.64. The smallest absolute Gasteiger partial charge is 0.244 e. The highest BCUT2D eigenvalue weighted by Crippen LogP contribution is 2.19. The molecule has 1 aromatic heterocycles. The zero-order valence-corrected chi connectivity index (χ0v) is 15.2. The van der Waals surface area contributed by atoms with Crippen LogP contribution in [0.1, 0.15) is 16.7 Å². The van der Waals surface area contributed by atoms with E-state index in [-0.39, 0.29) is 12.3 Å². The Morgan fingerprint density at radius 1 is 0.786 bits per heavy atom. The molecule has 4 aromatic rings. The van der Waals surface area contributed by atoms with E-state index in [4.69, 9.17) is 0 Å². The van der Waals surface area contributed by atoms with Crippen molar-refractivity contribution in [2.45, 2.75) is 6.42 Å². The topological polar surface area (TPSA) is 54.4 Å². The van der Waals surface area contributed by atoms with E-state index in [0.29, 0.717) is 5.71 Å². The van der Waals surface area contributed by atoms with Gasteiger partial charge < -0.3 is 0 Å². The molecule has 0 aliphatic rings.